The van der Waals surface area contributed by atoms with Gasteiger partial charge in [-0.05, 0) is 43.4 Å². The van der Waals surface area contributed by atoms with Crippen molar-refractivity contribution >= 4 is 5.69 Å². The maximum Gasteiger partial charge on any atom is 0.125 e. The lowest BCUT2D eigenvalue weighted by molar-refractivity contribution is 0.194. The van der Waals surface area contributed by atoms with Crippen LogP contribution >= 0.6 is 0 Å². The molecule has 2 unspecified atom stereocenters. The van der Waals surface area contributed by atoms with E-state index in [1.807, 2.05) is 6.07 Å². The quantitative estimate of drug-likeness (QED) is 0.805. The van der Waals surface area contributed by atoms with E-state index in [-0.39, 0.29) is 18.0 Å². The maximum absolute atomic E-state index is 13.2. The van der Waals surface area contributed by atoms with Gasteiger partial charge in [0, 0.05) is 5.69 Å². The minimum absolute atomic E-state index is 0.107. The Labute approximate surface area is 108 Å². The molecule has 0 aromatic heterocycles. The largest absolute Gasteiger partial charge is 0.394 e. The molecule has 0 radical (unpaired) electrons. The Hall–Kier alpha value is -1.09. The van der Waals surface area contributed by atoms with Gasteiger partial charge in [0.15, 0.2) is 0 Å². The van der Waals surface area contributed by atoms with Gasteiger partial charge in [-0.1, -0.05) is 25.8 Å². The van der Waals surface area contributed by atoms with E-state index in [4.69, 9.17) is 0 Å². The molecule has 0 saturated heterocycles. The van der Waals surface area contributed by atoms with Crippen molar-refractivity contribution in [2.75, 3.05) is 11.9 Å². The third kappa shape index (κ3) is 3.22. The second-order valence-corrected chi connectivity index (χ2v) is 5.61. The van der Waals surface area contributed by atoms with Crippen molar-refractivity contribution in [1.29, 1.82) is 0 Å². The summed E-state index contributed by atoms with van der Waals surface area (Å²) in [5.41, 5.74) is 0.483. The monoisotopic (exact) mass is 251 g/mol. The summed E-state index contributed by atoms with van der Waals surface area (Å²) in [6, 6.07) is 6.48. The molecule has 18 heavy (non-hydrogen) atoms. The van der Waals surface area contributed by atoms with Gasteiger partial charge < -0.3 is 10.4 Å². The molecule has 1 saturated carbocycles. The van der Waals surface area contributed by atoms with E-state index in [0.717, 1.165) is 31.4 Å². The van der Waals surface area contributed by atoms with Gasteiger partial charge in [0.05, 0.1) is 12.1 Å². The Morgan fingerprint density at radius 2 is 2.22 bits per heavy atom. The fourth-order valence-electron chi connectivity index (χ4n) is 2.78. The first-order valence-corrected chi connectivity index (χ1v) is 6.78. The third-order valence-electron chi connectivity index (χ3n) is 4.00. The molecule has 0 bridgehead atoms. The molecule has 0 amide bonds. The zero-order valence-electron chi connectivity index (χ0n) is 11.0. The van der Waals surface area contributed by atoms with Gasteiger partial charge in [-0.25, -0.2) is 4.39 Å². The molecule has 1 aromatic carbocycles. The molecule has 3 heteroatoms. The van der Waals surface area contributed by atoms with Crippen LogP contribution in [0.4, 0.5) is 10.1 Å². The first-order valence-electron chi connectivity index (χ1n) is 6.78. The van der Waals surface area contributed by atoms with Crippen LogP contribution in [-0.2, 0) is 0 Å². The highest BCUT2D eigenvalue weighted by atomic mass is 19.1. The van der Waals surface area contributed by atoms with Gasteiger partial charge in [0.1, 0.15) is 5.82 Å². The average molecular weight is 251 g/mol. The van der Waals surface area contributed by atoms with E-state index in [1.54, 1.807) is 6.07 Å². The van der Waals surface area contributed by atoms with E-state index < -0.39 is 0 Å². The second kappa shape index (κ2) is 5.70. The summed E-state index contributed by atoms with van der Waals surface area (Å²) in [6.07, 6.45) is 5.34. The van der Waals surface area contributed by atoms with Crippen molar-refractivity contribution in [2.24, 2.45) is 5.92 Å². The highest BCUT2D eigenvalue weighted by Crippen LogP contribution is 2.32. The van der Waals surface area contributed by atoms with E-state index >= 15 is 0 Å². The van der Waals surface area contributed by atoms with Crippen LogP contribution < -0.4 is 5.32 Å². The molecule has 1 aliphatic rings. The summed E-state index contributed by atoms with van der Waals surface area (Å²) in [5, 5.41) is 13.1. The first kappa shape index (κ1) is 13.3. The maximum atomic E-state index is 13.2. The van der Waals surface area contributed by atoms with Crippen LogP contribution in [0, 0.1) is 11.7 Å². The molecule has 0 aliphatic heterocycles. The van der Waals surface area contributed by atoms with Gasteiger partial charge in [-0.15, -0.1) is 0 Å². The number of benzene rings is 1. The van der Waals surface area contributed by atoms with Gasteiger partial charge in [0.25, 0.3) is 0 Å². The number of aliphatic hydroxyl groups is 1. The summed E-state index contributed by atoms with van der Waals surface area (Å²) in [5.74, 6) is 0.475. The van der Waals surface area contributed by atoms with Crippen molar-refractivity contribution in [3.05, 3.63) is 30.1 Å². The van der Waals surface area contributed by atoms with Crippen LogP contribution in [0.2, 0.25) is 0 Å². The minimum Gasteiger partial charge on any atom is -0.394 e. The number of halogens is 1. The van der Waals surface area contributed by atoms with E-state index in [1.165, 1.54) is 18.6 Å². The molecule has 1 aromatic rings. The average Bonchev–Trinajstić information content (AvgIpc) is 2.53. The van der Waals surface area contributed by atoms with Crippen molar-refractivity contribution < 1.29 is 9.50 Å². The Balaban J connectivity index is 2.12. The lowest BCUT2D eigenvalue weighted by Gasteiger charge is -2.33. The van der Waals surface area contributed by atoms with Crippen LogP contribution in [0.3, 0.4) is 0 Å². The minimum atomic E-state index is -0.279. The fourth-order valence-corrected chi connectivity index (χ4v) is 2.78. The number of rotatable bonds is 3. The Morgan fingerprint density at radius 1 is 1.39 bits per heavy atom. The molecule has 100 valence electrons. The summed E-state index contributed by atoms with van der Waals surface area (Å²) < 4.78 is 13.2. The number of hydrogen-bond donors (Lipinski definition) is 2. The van der Waals surface area contributed by atoms with Crippen molar-refractivity contribution in [1.82, 2.24) is 0 Å². The molecule has 2 atom stereocenters. The zero-order valence-corrected chi connectivity index (χ0v) is 11.0. The first-order chi connectivity index (χ1) is 8.63. The van der Waals surface area contributed by atoms with Gasteiger partial charge in [-0.3, -0.25) is 0 Å². The van der Waals surface area contributed by atoms with Gasteiger partial charge in [-0.2, -0.15) is 0 Å². The molecule has 2 rings (SSSR count). The Kier molecular flexibility index (Phi) is 4.23. The van der Waals surface area contributed by atoms with Gasteiger partial charge in [0.2, 0.25) is 0 Å². The van der Waals surface area contributed by atoms with Crippen LogP contribution in [0.15, 0.2) is 24.3 Å². The molecule has 2 N–H and O–H groups in total. The molecule has 1 aliphatic carbocycles. The van der Waals surface area contributed by atoms with Crippen LogP contribution in [-0.4, -0.2) is 17.3 Å². The number of hydrogen-bond acceptors (Lipinski definition) is 2. The number of aliphatic hydroxyl groups excluding tert-OH is 1. The summed E-state index contributed by atoms with van der Waals surface area (Å²) in [4.78, 5) is 0. The van der Waals surface area contributed by atoms with Crippen molar-refractivity contribution in [2.45, 2.75) is 44.6 Å². The molecular weight excluding hydrogens is 229 g/mol. The van der Waals surface area contributed by atoms with Crippen molar-refractivity contribution in [3.8, 4) is 0 Å². The Bertz CT molecular complexity index is 396. The SMILES string of the molecule is CC1CCCC(CO)(Nc2cccc(F)c2)CC1. The third-order valence-corrected chi connectivity index (χ3v) is 4.00. The van der Waals surface area contributed by atoms with Crippen LogP contribution in [0.25, 0.3) is 0 Å². The van der Waals surface area contributed by atoms with Gasteiger partial charge >= 0.3 is 0 Å². The van der Waals surface area contributed by atoms with E-state index in [0.29, 0.717) is 5.92 Å². The highest BCUT2D eigenvalue weighted by molar-refractivity contribution is 5.45. The normalized spacial score (nSPS) is 28.7. The summed E-state index contributed by atoms with van der Waals surface area (Å²) in [6.45, 7) is 2.37. The topological polar surface area (TPSA) is 32.3 Å². The molecule has 0 spiro atoms. The standard InChI is InChI=1S/C15H22FNO/c1-12-4-3-8-15(11-18,9-7-12)17-14-6-2-5-13(16)10-14/h2,5-6,10,12,17-18H,3-4,7-9,11H2,1H3. The fraction of sp³-hybridized carbons (Fsp3) is 0.600. The lowest BCUT2D eigenvalue weighted by atomic mass is 9.90. The summed E-state index contributed by atoms with van der Waals surface area (Å²) in [7, 11) is 0. The molecule has 0 heterocycles. The van der Waals surface area contributed by atoms with Crippen LogP contribution in [0.1, 0.15) is 39.0 Å². The van der Waals surface area contributed by atoms with E-state index in [2.05, 4.69) is 12.2 Å². The molecular formula is C15H22FNO. The smallest absolute Gasteiger partial charge is 0.125 e. The van der Waals surface area contributed by atoms with E-state index in [9.17, 15) is 9.50 Å². The Morgan fingerprint density at radius 3 is 2.94 bits per heavy atom. The van der Waals surface area contributed by atoms with Crippen molar-refractivity contribution in [3.63, 3.8) is 0 Å². The second-order valence-electron chi connectivity index (χ2n) is 5.61. The highest BCUT2D eigenvalue weighted by Gasteiger charge is 2.31. The molecule has 1 fully saturated rings. The molecule has 2 nitrogen and oxygen atoms in total. The zero-order chi connectivity index (χ0) is 13.0. The van der Waals surface area contributed by atoms with Crippen LogP contribution in [0.5, 0.6) is 0 Å². The number of nitrogens with one attached hydrogen (secondary N) is 1. The summed E-state index contributed by atoms with van der Waals surface area (Å²) >= 11 is 0. The number of anilines is 1. The lowest BCUT2D eigenvalue weighted by Crippen LogP contribution is -2.41. The predicted octanol–water partition coefficient (Wildman–Crippen LogP) is 3.57. The predicted molar refractivity (Wildman–Crippen MR) is 72.1 cm³/mol.